The number of halogens is 3. The van der Waals surface area contributed by atoms with Crippen LogP contribution < -0.4 is 10.6 Å². The maximum Gasteiger partial charge on any atom is 0.407 e. The van der Waals surface area contributed by atoms with Gasteiger partial charge in [-0.05, 0) is 47.0 Å². The predicted molar refractivity (Wildman–Crippen MR) is 78.6 cm³/mol. The van der Waals surface area contributed by atoms with Crippen molar-refractivity contribution in [2.75, 3.05) is 6.54 Å². The van der Waals surface area contributed by atoms with Gasteiger partial charge < -0.3 is 15.4 Å². The van der Waals surface area contributed by atoms with Crippen LogP contribution in [0.5, 0.6) is 0 Å². The Morgan fingerprint density at radius 1 is 1.27 bits per heavy atom. The van der Waals surface area contributed by atoms with E-state index in [1.165, 1.54) is 0 Å². The van der Waals surface area contributed by atoms with Crippen LogP contribution in [0.25, 0.3) is 0 Å². The molecule has 0 aromatic carbocycles. The zero-order valence-corrected chi connectivity index (χ0v) is 13.7. The molecule has 1 rings (SSSR count). The van der Waals surface area contributed by atoms with Crippen LogP contribution in [0, 0.1) is 5.92 Å². The van der Waals surface area contributed by atoms with Gasteiger partial charge in [-0.25, -0.2) is 4.79 Å². The third-order valence-corrected chi connectivity index (χ3v) is 3.61. The van der Waals surface area contributed by atoms with Crippen molar-refractivity contribution in [1.82, 2.24) is 10.6 Å². The number of carbonyl (C=O) groups is 1. The molecule has 1 aliphatic rings. The average molecular weight is 324 g/mol. The molecular weight excluding hydrogens is 297 g/mol. The summed E-state index contributed by atoms with van der Waals surface area (Å²) >= 11 is 0. The van der Waals surface area contributed by atoms with Crippen molar-refractivity contribution in [3.05, 3.63) is 0 Å². The number of carbonyl (C=O) groups excluding carboxylic acids is 1. The van der Waals surface area contributed by atoms with Gasteiger partial charge in [-0.1, -0.05) is 6.42 Å². The van der Waals surface area contributed by atoms with Crippen molar-refractivity contribution >= 4 is 6.09 Å². The topological polar surface area (TPSA) is 50.4 Å². The van der Waals surface area contributed by atoms with E-state index in [0.717, 1.165) is 6.42 Å². The van der Waals surface area contributed by atoms with Crippen molar-refractivity contribution in [3.63, 3.8) is 0 Å². The first-order valence-electron chi connectivity index (χ1n) is 7.77. The highest BCUT2D eigenvalue weighted by molar-refractivity contribution is 5.68. The molecular formula is C15H27F3N2O2. The van der Waals surface area contributed by atoms with Gasteiger partial charge in [-0.15, -0.1) is 0 Å². The molecule has 0 aromatic rings. The summed E-state index contributed by atoms with van der Waals surface area (Å²) in [5, 5.41) is 5.79. The first kappa shape index (κ1) is 19.1. The zero-order chi connectivity index (χ0) is 17.0. The van der Waals surface area contributed by atoms with Gasteiger partial charge in [0.2, 0.25) is 0 Å². The summed E-state index contributed by atoms with van der Waals surface area (Å²) in [5.74, 6) is -1.21. The molecule has 3 atom stereocenters. The molecule has 1 aliphatic carbocycles. The molecule has 2 N–H and O–H groups in total. The SMILES string of the molecule is CC(CNC1CCCC(C(F)(F)F)C1)NC(=O)OC(C)(C)C. The number of ether oxygens (including phenoxy) is 1. The Kier molecular flexibility index (Phi) is 6.52. The quantitative estimate of drug-likeness (QED) is 0.830. The molecule has 0 aliphatic heterocycles. The molecule has 7 heteroatoms. The van der Waals surface area contributed by atoms with Crippen LogP contribution in [-0.2, 0) is 4.74 Å². The Balaban J connectivity index is 2.32. The van der Waals surface area contributed by atoms with E-state index in [-0.39, 0.29) is 24.9 Å². The standard InChI is InChI=1S/C15H27F3N2O2/c1-10(20-13(21)22-14(2,3)4)9-19-12-7-5-6-11(8-12)15(16,17)18/h10-12,19H,5-9H2,1-4H3,(H,20,21). The highest BCUT2D eigenvalue weighted by atomic mass is 19.4. The molecule has 0 saturated heterocycles. The molecule has 0 aromatic heterocycles. The van der Waals surface area contributed by atoms with Gasteiger partial charge in [0.25, 0.3) is 0 Å². The molecule has 3 unspecified atom stereocenters. The zero-order valence-electron chi connectivity index (χ0n) is 13.7. The molecule has 130 valence electrons. The van der Waals surface area contributed by atoms with Crippen molar-refractivity contribution in [2.24, 2.45) is 5.92 Å². The van der Waals surface area contributed by atoms with Crippen molar-refractivity contribution < 1.29 is 22.7 Å². The third-order valence-electron chi connectivity index (χ3n) is 3.61. The van der Waals surface area contributed by atoms with Crippen LogP contribution in [0.2, 0.25) is 0 Å². The average Bonchev–Trinajstić information content (AvgIpc) is 2.33. The second-order valence-electron chi connectivity index (χ2n) is 7.06. The summed E-state index contributed by atoms with van der Waals surface area (Å²) in [6, 6.07) is -0.357. The van der Waals surface area contributed by atoms with Gasteiger partial charge in [0.05, 0.1) is 5.92 Å². The molecule has 1 fully saturated rings. The van der Waals surface area contributed by atoms with E-state index in [1.54, 1.807) is 27.7 Å². The molecule has 0 spiro atoms. The molecule has 0 bridgehead atoms. The molecule has 4 nitrogen and oxygen atoms in total. The summed E-state index contributed by atoms with van der Waals surface area (Å²) in [6.07, 6.45) is -2.98. The minimum atomic E-state index is -4.11. The van der Waals surface area contributed by atoms with Gasteiger partial charge in [0.1, 0.15) is 5.60 Å². The lowest BCUT2D eigenvalue weighted by molar-refractivity contribution is -0.183. The van der Waals surface area contributed by atoms with Crippen LogP contribution in [-0.4, -0.2) is 36.5 Å². The Morgan fingerprint density at radius 2 is 1.91 bits per heavy atom. The summed E-state index contributed by atoms with van der Waals surface area (Å²) < 4.78 is 43.4. The molecule has 22 heavy (non-hydrogen) atoms. The van der Waals surface area contributed by atoms with E-state index in [1.807, 2.05) is 0 Å². The number of hydrogen-bond acceptors (Lipinski definition) is 3. The van der Waals surface area contributed by atoms with Crippen molar-refractivity contribution in [3.8, 4) is 0 Å². The summed E-state index contributed by atoms with van der Waals surface area (Å²) in [4.78, 5) is 11.6. The van der Waals surface area contributed by atoms with E-state index in [9.17, 15) is 18.0 Å². The molecule has 0 heterocycles. The minimum Gasteiger partial charge on any atom is -0.444 e. The number of rotatable bonds is 4. The first-order chi connectivity index (χ1) is 9.97. The normalized spacial score (nSPS) is 24.7. The number of alkyl carbamates (subject to hydrolysis) is 1. The van der Waals surface area contributed by atoms with Crippen LogP contribution >= 0.6 is 0 Å². The van der Waals surface area contributed by atoms with E-state index in [0.29, 0.717) is 13.0 Å². The second-order valence-corrected chi connectivity index (χ2v) is 7.06. The van der Waals surface area contributed by atoms with Gasteiger partial charge in [-0.2, -0.15) is 13.2 Å². The summed E-state index contributed by atoms with van der Waals surface area (Å²) in [5.41, 5.74) is -0.569. The van der Waals surface area contributed by atoms with Crippen molar-refractivity contribution in [2.45, 2.75) is 77.2 Å². The fraction of sp³-hybridized carbons (Fsp3) is 0.933. The van der Waals surface area contributed by atoms with Crippen LogP contribution in [0.15, 0.2) is 0 Å². The first-order valence-corrected chi connectivity index (χ1v) is 7.77. The van der Waals surface area contributed by atoms with E-state index < -0.39 is 23.8 Å². The maximum atomic E-state index is 12.7. The fourth-order valence-electron chi connectivity index (χ4n) is 2.58. The fourth-order valence-corrected chi connectivity index (χ4v) is 2.58. The Morgan fingerprint density at radius 3 is 2.45 bits per heavy atom. The van der Waals surface area contributed by atoms with Crippen LogP contribution in [0.4, 0.5) is 18.0 Å². The number of hydrogen-bond donors (Lipinski definition) is 2. The monoisotopic (exact) mass is 324 g/mol. The van der Waals surface area contributed by atoms with Crippen LogP contribution in [0.3, 0.4) is 0 Å². The predicted octanol–water partition coefficient (Wildman–Crippen LogP) is 3.61. The van der Waals surface area contributed by atoms with Gasteiger partial charge in [0, 0.05) is 18.6 Å². The third kappa shape index (κ3) is 7.33. The van der Waals surface area contributed by atoms with Gasteiger partial charge >= 0.3 is 12.3 Å². The largest absolute Gasteiger partial charge is 0.444 e. The van der Waals surface area contributed by atoms with Crippen molar-refractivity contribution in [1.29, 1.82) is 0 Å². The lowest BCUT2D eigenvalue weighted by Crippen LogP contribution is -2.46. The number of alkyl halides is 3. The second kappa shape index (κ2) is 7.53. The number of nitrogens with one attached hydrogen (secondary N) is 2. The summed E-state index contributed by atoms with van der Waals surface area (Å²) in [7, 11) is 0. The summed E-state index contributed by atoms with van der Waals surface area (Å²) in [6.45, 7) is 7.54. The van der Waals surface area contributed by atoms with E-state index >= 15 is 0 Å². The minimum absolute atomic E-state index is 0.114. The molecule has 1 amide bonds. The lowest BCUT2D eigenvalue weighted by atomic mass is 9.85. The van der Waals surface area contributed by atoms with Crippen LogP contribution in [0.1, 0.15) is 53.4 Å². The molecule has 0 radical (unpaired) electrons. The molecule has 1 saturated carbocycles. The van der Waals surface area contributed by atoms with Gasteiger partial charge in [-0.3, -0.25) is 0 Å². The Hall–Kier alpha value is -0.980. The number of amides is 1. The van der Waals surface area contributed by atoms with E-state index in [2.05, 4.69) is 10.6 Å². The lowest BCUT2D eigenvalue weighted by Gasteiger charge is -2.32. The highest BCUT2D eigenvalue weighted by Crippen LogP contribution is 2.37. The smallest absolute Gasteiger partial charge is 0.407 e. The Bertz CT molecular complexity index is 367. The Labute approximate surface area is 130 Å². The maximum absolute atomic E-state index is 12.7. The van der Waals surface area contributed by atoms with Gasteiger partial charge in [0.15, 0.2) is 0 Å². The highest BCUT2D eigenvalue weighted by Gasteiger charge is 2.42. The van der Waals surface area contributed by atoms with E-state index in [4.69, 9.17) is 4.74 Å².